The minimum Gasteiger partial charge on any atom is -0.317 e. The molecule has 2 fully saturated rings. The Labute approximate surface area is 115 Å². The van der Waals surface area contributed by atoms with Crippen molar-refractivity contribution in [2.45, 2.75) is 38.3 Å². The molecule has 0 aromatic carbocycles. The average Bonchev–Trinajstić information content (AvgIpc) is 2.39. The summed E-state index contributed by atoms with van der Waals surface area (Å²) in [6, 6.07) is 0. The van der Waals surface area contributed by atoms with Crippen LogP contribution in [0.2, 0.25) is 0 Å². The Morgan fingerprint density at radius 2 is 2.00 bits per heavy atom. The molecular formula is C13H25FN2O2S. The summed E-state index contributed by atoms with van der Waals surface area (Å²) in [5, 5.41) is 3.25. The maximum atomic E-state index is 14.3. The summed E-state index contributed by atoms with van der Waals surface area (Å²) in [6.07, 6.45) is 4.62. The van der Waals surface area contributed by atoms with Crippen molar-refractivity contribution in [3.05, 3.63) is 0 Å². The zero-order valence-electron chi connectivity index (χ0n) is 11.6. The van der Waals surface area contributed by atoms with Crippen LogP contribution < -0.4 is 5.32 Å². The van der Waals surface area contributed by atoms with Gasteiger partial charge in [-0.3, -0.25) is 0 Å². The minimum atomic E-state index is -3.12. The number of sulfonamides is 1. The smallest absolute Gasteiger partial charge is 0.211 e. The zero-order chi connectivity index (χ0) is 13.9. The summed E-state index contributed by atoms with van der Waals surface area (Å²) in [5.41, 5.74) is 0. The number of piperidine rings is 2. The molecule has 1 N–H and O–H groups in total. The van der Waals surface area contributed by atoms with Crippen molar-refractivity contribution in [2.75, 3.05) is 32.4 Å². The maximum Gasteiger partial charge on any atom is 0.211 e. The van der Waals surface area contributed by atoms with E-state index in [1.807, 2.05) is 0 Å². The van der Waals surface area contributed by atoms with Gasteiger partial charge in [0.15, 0.2) is 0 Å². The number of rotatable bonds is 4. The summed E-state index contributed by atoms with van der Waals surface area (Å²) < 4.78 is 38.9. The van der Waals surface area contributed by atoms with Gasteiger partial charge in [0.05, 0.1) is 6.26 Å². The second kappa shape index (κ2) is 6.50. The molecule has 0 aliphatic carbocycles. The highest BCUT2D eigenvalue weighted by Gasteiger charge is 2.30. The van der Waals surface area contributed by atoms with Crippen LogP contribution in [0.1, 0.15) is 32.1 Å². The van der Waals surface area contributed by atoms with Gasteiger partial charge in [-0.2, -0.15) is 0 Å². The molecule has 4 nitrogen and oxygen atoms in total. The first-order chi connectivity index (χ1) is 8.97. The van der Waals surface area contributed by atoms with Gasteiger partial charge < -0.3 is 5.32 Å². The highest BCUT2D eigenvalue weighted by atomic mass is 32.2. The molecule has 2 saturated heterocycles. The predicted octanol–water partition coefficient (Wildman–Crippen LogP) is 1.39. The molecule has 6 heteroatoms. The topological polar surface area (TPSA) is 49.4 Å². The minimum absolute atomic E-state index is 0.162. The lowest BCUT2D eigenvalue weighted by atomic mass is 9.85. The van der Waals surface area contributed by atoms with Gasteiger partial charge in [-0.1, -0.05) is 0 Å². The molecule has 19 heavy (non-hydrogen) atoms. The first-order valence-corrected chi connectivity index (χ1v) is 9.11. The van der Waals surface area contributed by atoms with E-state index in [4.69, 9.17) is 0 Å². The van der Waals surface area contributed by atoms with Gasteiger partial charge in [-0.15, -0.1) is 0 Å². The van der Waals surface area contributed by atoms with Gasteiger partial charge in [-0.25, -0.2) is 17.1 Å². The Hall–Kier alpha value is -0.200. The summed E-state index contributed by atoms with van der Waals surface area (Å²) in [6.45, 7) is 2.92. The molecule has 0 aromatic rings. The molecule has 0 spiro atoms. The van der Waals surface area contributed by atoms with Gasteiger partial charge in [0, 0.05) is 13.1 Å². The molecule has 0 aromatic heterocycles. The lowest BCUT2D eigenvalue weighted by molar-refractivity contribution is 0.134. The maximum absolute atomic E-state index is 14.3. The molecule has 0 saturated carbocycles. The third-order valence-corrected chi connectivity index (χ3v) is 5.67. The van der Waals surface area contributed by atoms with Crippen molar-refractivity contribution in [1.29, 1.82) is 0 Å². The second-order valence-electron chi connectivity index (χ2n) is 5.97. The zero-order valence-corrected chi connectivity index (χ0v) is 12.5. The molecule has 2 atom stereocenters. The number of nitrogens with zero attached hydrogens (tertiary/aromatic N) is 1. The Morgan fingerprint density at radius 1 is 1.32 bits per heavy atom. The van der Waals surface area contributed by atoms with Crippen LogP contribution in [0.5, 0.6) is 0 Å². The van der Waals surface area contributed by atoms with E-state index >= 15 is 0 Å². The van der Waals surface area contributed by atoms with Crippen molar-refractivity contribution in [2.24, 2.45) is 11.8 Å². The Kier molecular flexibility index (Phi) is 5.20. The first kappa shape index (κ1) is 15.2. The number of hydrogen-bond donors (Lipinski definition) is 1. The molecule has 2 unspecified atom stereocenters. The van der Waals surface area contributed by atoms with Crippen LogP contribution in [-0.2, 0) is 10.0 Å². The third-order valence-electron chi connectivity index (χ3n) is 4.40. The summed E-state index contributed by atoms with van der Waals surface area (Å²) >= 11 is 0. The Balaban J connectivity index is 1.84. The van der Waals surface area contributed by atoms with Crippen LogP contribution in [0.25, 0.3) is 0 Å². The van der Waals surface area contributed by atoms with Crippen LogP contribution in [0.3, 0.4) is 0 Å². The number of nitrogens with one attached hydrogen (secondary N) is 1. The molecule has 2 rings (SSSR count). The number of halogens is 1. The highest BCUT2D eigenvalue weighted by molar-refractivity contribution is 7.88. The molecule has 2 aliphatic rings. The lowest BCUT2D eigenvalue weighted by Crippen LogP contribution is -2.41. The standard InChI is InChI=1S/C13H25FN2O2S/c1-19(17,18)16-8-2-3-11(10-16)9-13(14)12-4-6-15-7-5-12/h11-13,15H,2-10H2,1H3. The van der Waals surface area contributed by atoms with Crippen molar-refractivity contribution >= 4 is 10.0 Å². The highest BCUT2D eigenvalue weighted by Crippen LogP contribution is 2.29. The fourth-order valence-corrected chi connectivity index (χ4v) is 4.18. The Bertz CT molecular complexity index is 382. The predicted molar refractivity (Wildman–Crippen MR) is 74.2 cm³/mol. The lowest BCUT2D eigenvalue weighted by Gasteiger charge is -2.33. The van der Waals surface area contributed by atoms with E-state index in [9.17, 15) is 12.8 Å². The largest absolute Gasteiger partial charge is 0.317 e. The van der Waals surface area contributed by atoms with Crippen LogP contribution in [0.15, 0.2) is 0 Å². The quantitative estimate of drug-likeness (QED) is 0.852. The van der Waals surface area contributed by atoms with E-state index in [1.165, 1.54) is 10.6 Å². The van der Waals surface area contributed by atoms with E-state index in [2.05, 4.69) is 5.32 Å². The van der Waals surface area contributed by atoms with E-state index in [0.29, 0.717) is 19.5 Å². The van der Waals surface area contributed by atoms with E-state index < -0.39 is 16.2 Å². The molecule has 0 amide bonds. The van der Waals surface area contributed by atoms with Gasteiger partial charge in [0.25, 0.3) is 0 Å². The van der Waals surface area contributed by atoms with Gasteiger partial charge >= 0.3 is 0 Å². The molecule has 2 aliphatic heterocycles. The van der Waals surface area contributed by atoms with Gasteiger partial charge in [-0.05, 0) is 57.0 Å². The van der Waals surface area contributed by atoms with E-state index in [1.54, 1.807) is 0 Å². The normalized spacial score (nSPS) is 29.3. The molecular weight excluding hydrogens is 267 g/mol. The SMILES string of the molecule is CS(=O)(=O)N1CCCC(CC(F)C2CCNCC2)C1. The van der Waals surface area contributed by atoms with Crippen molar-refractivity contribution in [3.63, 3.8) is 0 Å². The first-order valence-electron chi connectivity index (χ1n) is 7.26. The summed E-state index contributed by atoms with van der Waals surface area (Å²) in [5.74, 6) is 0.350. The molecule has 112 valence electrons. The van der Waals surface area contributed by atoms with Crippen molar-refractivity contribution in [1.82, 2.24) is 9.62 Å². The van der Waals surface area contributed by atoms with Crippen LogP contribution in [0, 0.1) is 11.8 Å². The monoisotopic (exact) mass is 292 g/mol. The van der Waals surface area contributed by atoms with Gasteiger partial charge in [0.1, 0.15) is 6.17 Å². The average molecular weight is 292 g/mol. The van der Waals surface area contributed by atoms with Crippen LogP contribution >= 0.6 is 0 Å². The number of hydrogen-bond acceptors (Lipinski definition) is 3. The van der Waals surface area contributed by atoms with Gasteiger partial charge in [0.2, 0.25) is 10.0 Å². The van der Waals surface area contributed by atoms with E-state index in [0.717, 1.165) is 38.8 Å². The van der Waals surface area contributed by atoms with Crippen molar-refractivity contribution < 1.29 is 12.8 Å². The number of alkyl halides is 1. The van der Waals surface area contributed by atoms with Crippen molar-refractivity contribution in [3.8, 4) is 0 Å². The fourth-order valence-electron chi connectivity index (χ4n) is 3.24. The molecule has 2 heterocycles. The molecule has 0 bridgehead atoms. The van der Waals surface area contributed by atoms with Crippen LogP contribution in [0.4, 0.5) is 4.39 Å². The van der Waals surface area contributed by atoms with Crippen LogP contribution in [-0.4, -0.2) is 51.3 Å². The molecule has 0 radical (unpaired) electrons. The fraction of sp³-hybridized carbons (Fsp3) is 1.00. The summed E-state index contributed by atoms with van der Waals surface area (Å²) in [7, 11) is -3.12. The Morgan fingerprint density at radius 3 is 2.63 bits per heavy atom. The third kappa shape index (κ3) is 4.39. The summed E-state index contributed by atoms with van der Waals surface area (Å²) in [4.78, 5) is 0. The second-order valence-corrected chi connectivity index (χ2v) is 7.95. The van der Waals surface area contributed by atoms with E-state index in [-0.39, 0.29) is 11.8 Å².